The van der Waals surface area contributed by atoms with Gasteiger partial charge in [-0.2, -0.15) is 0 Å². The Morgan fingerprint density at radius 3 is 2.33 bits per heavy atom. The van der Waals surface area contributed by atoms with Crippen LogP contribution in [0.5, 0.6) is 5.75 Å². The second kappa shape index (κ2) is 6.16. The van der Waals surface area contributed by atoms with Crippen molar-refractivity contribution in [3.8, 4) is 17.0 Å². The van der Waals surface area contributed by atoms with Crippen molar-refractivity contribution in [2.75, 3.05) is 7.11 Å². The summed E-state index contributed by atoms with van der Waals surface area (Å²) in [7, 11) is 3.68. The zero-order valence-corrected chi connectivity index (χ0v) is 14.9. The predicted octanol–water partition coefficient (Wildman–Crippen LogP) is 4.65. The van der Waals surface area contributed by atoms with Crippen LogP contribution in [0.4, 0.5) is 0 Å². The Morgan fingerprint density at radius 1 is 1.08 bits per heavy atom. The van der Waals surface area contributed by atoms with E-state index in [4.69, 9.17) is 4.74 Å². The summed E-state index contributed by atoms with van der Waals surface area (Å²) >= 11 is 0. The summed E-state index contributed by atoms with van der Waals surface area (Å²) in [5.74, 6) is 1.10. The third-order valence-corrected chi connectivity index (χ3v) is 4.65. The minimum atomic E-state index is 0.0653. The molecule has 0 radical (unpaired) electrons. The number of hydrogen-bond acceptors (Lipinski definition) is 2. The number of pyridine rings is 1. The van der Waals surface area contributed by atoms with E-state index in [1.165, 1.54) is 0 Å². The lowest BCUT2D eigenvalue weighted by molar-refractivity contribution is 0.408. The number of rotatable bonds is 3. The third-order valence-electron chi connectivity index (χ3n) is 4.65. The lowest BCUT2D eigenvalue weighted by atomic mass is 9.97. The summed E-state index contributed by atoms with van der Waals surface area (Å²) in [5, 5.41) is 0.705. The molecule has 3 aromatic rings. The van der Waals surface area contributed by atoms with E-state index >= 15 is 0 Å². The second-order valence-electron chi connectivity index (χ2n) is 6.49. The van der Waals surface area contributed by atoms with E-state index in [-0.39, 0.29) is 5.43 Å². The third kappa shape index (κ3) is 2.50. The van der Waals surface area contributed by atoms with Gasteiger partial charge in [-0.25, -0.2) is 0 Å². The molecule has 0 aliphatic rings. The predicted molar refractivity (Wildman–Crippen MR) is 100 cm³/mol. The van der Waals surface area contributed by atoms with Crippen LogP contribution in [-0.4, -0.2) is 11.7 Å². The van der Waals surface area contributed by atoms with Crippen molar-refractivity contribution >= 4 is 10.9 Å². The first-order valence-corrected chi connectivity index (χ1v) is 8.22. The molecule has 0 fully saturated rings. The van der Waals surface area contributed by atoms with Gasteiger partial charge in [0.15, 0.2) is 5.43 Å². The maximum Gasteiger partial charge on any atom is 0.193 e. The highest BCUT2D eigenvalue weighted by Gasteiger charge is 2.17. The summed E-state index contributed by atoms with van der Waals surface area (Å²) < 4.78 is 7.63. The van der Waals surface area contributed by atoms with Crippen LogP contribution in [-0.2, 0) is 7.05 Å². The van der Waals surface area contributed by atoms with Gasteiger partial charge in [0.2, 0.25) is 0 Å². The highest BCUT2D eigenvalue weighted by molar-refractivity contribution is 5.86. The number of hydrogen-bond donors (Lipinski definition) is 0. The molecule has 1 aromatic heterocycles. The molecule has 0 saturated heterocycles. The zero-order chi connectivity index (χ0) is 17.4. The number of methoxy groups -OCH3 is 1. The summed E-state index contributed by atoms with van der Waals surface area (Å²) in [6.45, 7) is 6.16. The van der Waals surface area contributed by atoms with Crippen molar-refractivity contribution in [2.45, 2.75) is 26.7 Å². The molecule has 0 atom stereocenters. The fourth-order valence-corrected chi connectivity index (χ4v) is 3.36. The largest absolute Gasteiger partial charge is 0.496 e. The Morgan fingerprint density at radius 2 is 1.75 bits per heavy atom. The molecule has 0 aliphatic carbocycles. The molecule has 0 spiro atoms. The molecule has 3 rings (SSSR count). The second-order valence-corrected chi connectivity index (χ2v) is 6.49. The molecule has 24 heavy (non-hydrogen) atoms. The maximum absolute atomic E-state index is 13.0. The normalized spacial score (nSPS) is 11.2. The molecule has 3 heteroatoms. The van der Waals surface area contributed by atoms with Crippen LogP contribution in [0.15, 0.2) is 47.3 Å². The van der Waals surface area contributed by atoms with Crippen LogP contribution in [0.2, 0.25) is 0 Å². The molecular weight excluding hydrogens is 298 g/mol. The monoisotopic (exact) mass is 321 g/mol. The van der Waals surface area contributed by atoms with Crippen molar-refractivity contribution in [2.24, 2.45) is 7.05 Å². The molecule has 3 nitrogen and oxygen atoms in total. The number of aryl methyl sites for hydroxylation is 1. The van der Waals surface area contributed by atoms with Crippen LogP contribution in [0, 0.1) is 6.92 Å². The van der Waals surface area contributed by atoms with E-state index in [1.54, 1.807) is 7.11 Å². The van der Waals surface area contributed by atoms with E-state index in [2.05, 4.69) is 24.5 Å². The molecule has 0 unspecified atom stereocenters. The first kappa shape index (κ1) is 16.3. The van der Waals surface area contributed by atoms with Crippen LogP contribution in [0.1, 0.15) is 30.9 Å². The van der Waals surface area contributed by atoms with Gasteiger partial charge in [0, 0.05) is 18.0 Å². The highest BCUT2D eigenvalue weighted by atomic mass is 16.5. The topological polar surface area (TPSA) is 31.2 Å². The molecular formula is C21H23NO2. The van der Waals surface area contributed by atoms with E-state index in [1.807, 2.05) is 50.4 Å². The van der Waals surface area contributed by atoms with Crippen LogP contribution < -0.4 is 10.2 Å². The number of ether oxygens (including phenoxy) is 1. The molecule has 0 bridgehead atoms. The van der Waals surface area contributed by atoms with Gasteiger partial charge in [-0.15, -0.1) is 0 Å². The number of fused-ring (bicyclic) bond motifs is 1. The SMILES string of the molecule is COc1cc2c(=O)c(C)c(-c3ccccc3)n(C)c2cc1C(C)C. The Labute approximate surface area is 142 Å². The van der Waals surface area contributed by atoms with Gasteiger partial charge in [0.25, 0.3) is 0 Å². The van der Waals surface area contributed by atoms with Crippen LogP contribution >= 0.6 is 0 Å². The van der Waals surface area contributed by atoms with Gasteiger partial charge in [0.05, 0.1) is 18.3 Å². The number of benzene rings is 2. The lowest BCUT2D eigenvalue weighted by Crippen LogP contribution is -2.15. The van der Waals surface area contributed by atoms with Crippen LogP contribution in [0.25, 0.3) is 22.2 Å². The van der Waals surface area contributed by atoms with Gasteiger partial charge in [-0.1, -0.05) is 44.2 Å². The van der Waals surface area contributed by atoms with Crippen molar-refractivity contribution in [3.05, 3.63) is 63.8 Å². The molecule has 0 aliphatic heterocycles. The fourth-order valence-electron chi connectivity index (χ4n) is 3.36. The van der Waals surface area contributed by atoms with Gasteiger partial charge in [-0.3, -0.25) is 4.79 Å². The van der Waals surface area contributed by atoms with Crippen molar-refractivity contribution in [1.82, 2.24) is 4.57 Å². The Balaban J connectivity index is 2.44. The Hall–Kier alpha value is -2.55. The average molecular weight is 321 g/mol. The standard InChI is InChI=1S/C21H23NO2/c1-13(2)16-11-18-17(12-19(16)24-5)21(23)14(3)20(22(18)4)15-9-7-6-8-10-15/h6-13H,1-5H3. The summed E-state index contributed by atoms with van der Waals surface area (Å²) in [4.78, 5) is 13.0. The van der Waals surface area contributed by atoms with E-state index in [0.29, 0.717) is 11.3 Å². The van der Waals surface area contributed by atoms with Gasteiger partial charge in [-0.05, 0) is 36.1 Å². The van der Waals surface area contributed by atoms with E-state index in [9.17, 15) is 4.79 Å². The smallest absolute Gasteiger partial charge is 0.193 e. The molecule has 0 amide bonds. The quantitative estimate of drug-likeness (QED) is 0.703. The van der Waals surface area contributed by atoms with Gasteiger partial charge < -0.3 is 9.30 Å². The highest BCUT2D eigenvalue weighted by Crippen LogP contribution is 2.32. The summed E-state index contributed by atoms with van der Waals surface area (Å²) in [6.07, 6.45) is 0. The van der Waals surface area contributed by atoms with Crippen LogP contribution in [0.3, 0.4) is 0 Å². The van der Waals surface area contributed by atoms with E-state index in [0.717, 1.165) is 33.7 Å². The number of aromatic nitrogens is 1. The maximum atomic E-state index is 13.0. The van der Waals surface area contributed by atoms with E-state index < -0.39 is 0 Å². The first-order chi connectivity index (χ1) is 11.5. The number of nitrogens with zero attached hydrogens (tertiary/aromatic N) is 1. The lowest BCUT2D eigenvalue weighted by Gasteiger charge is -2.19. The Kier molecular flexibility index (Phi) is 4.18. The van der Waals surface area contributed by atoms with Crippen molar-refractivity contribution < 1.29 is 4.74 Å². The average Bonchev–Trinajstić information content (AvgIpc) is 2.59. The van der Waals surface area contributed by atoms with Gasteiger partial charge >= 0.3 is 0 Å². The summed E-state index contributed by atoms with van der Waals surface area (Å²) in [6, 6.07) is 14.0. The summed E-state index contributed by atoms with van der Waals surface area (Å²) in [5.41, 5.74) is 4.90. The fraction of sp³-hybridized carbons (Fsp3) is 0.286. The minimum Gasteiger partial charge on any atom is -0.496 e. The van der Waals surface area contributed by atoms with Crippen molar-refractivity contribution in [3.63, 3.8) is 0 Å². The molecule has 124 valence electrons. The van der Waals surface area contributed by atoms with Gasteiger partial charge in [0.1, 0.15) is 5.75 Å². The minimum absolute atomic E-state index is 0.0653. The van der Waals surface area contributed by atoms with Crippen molar-refractivity contribution in [1.29, 1.82) is 0 Å². The molecule has 1 heterocycles. The molecule has 2 aromatic carbocycles. The molecule has 0 saturated carbocycles. The first-order valence-electron chi connectivity index (χ1n) is 8.22. The molecule has 0 N–H and O–H groups in total. The zero-order valence-electron chi connectivity index (χ0n) is 14.9. The Bertz CT molecular complexity index is 953.